The number of ether oxygens (including phenoxy) is 2. The second kappa shape index (κ2) is 8.03. The molecule has 3 unspecified atom stereocenters. The molecule has 1 rings (SSSR count). The number of nitrogens with zero attached hydrogens (tertiary/aromatic N) is 1. The van der Waals surface area contributed by atoms with Crippen LogP contribution in [0.25, 0.3) is 0 Å². The average Bonchev–Trinajstić information content (AvgIpc) is 2.33. The molecule has 0 saturated carbocycles. The highest BCUT2D eigenvalue weighted by molar-refractivity contribution is 4.88. The summed E-state index contributed by atoms with van der Waals surface area (Å²) in [6.07, 6.45) is 1.11. The molecule has 4 nitrogen and oxygen atoms in total. The van der Waals surface area contributed by atoms with Crippen LogP contribution in [-0.2, 0) is 9.47 Å². The second-order valence-electron chi connectivity index (χ2n) is 4.73. The van der Waals surface area contributed by atoms with E-state index in [1.165, 1.54) is 0 Å². The Labute approximate surface area is 106 Å². The highest BCUT2D eigenvalue weighted by Crippen LogP contribution is 2.17. The maximum absolute atomic E-state index is 5.65. The van der Waals surface area contributed by atoms with E-state index in [1.807, 2.05) is 0 Å². The van der Waals surface area contributed by atoms with Gasteiger partial charge in [0.15, 0.2) is 0 Å². The van der Waals surface area contributed by atoms with Gasteiger partial charge in [-0.1, -0.05) is 13.8 Å². The monoisotopic (exact) mass is 244 g/mol. The van der Waals surface area contributed by atoms with Gasteiger partial charge in [-0.3, -0.25) is 4.90 Å². The predicted molar refractivity (Wildman–Crippen MR) is 70.4 cm³/mol. The fourth-order valence-corrected chi connectivity index (χ4v) is 2.76. The molecule has 1 N–H and O–H groups in total. The summed E-state index contributed by atoms with van der Waals surface area (Å²) in [5.74, 6) is 0. The van der Waals surface area contributed by atoms with Crippen LogP contribution in [0.3, 0.4) is 0 Å². The highest BCUT2D eigenvalue weighted by atomic mass is 16.5. The third-order valence-electron chi connectivity index (χ3n) is 3.56. The summed E-state index contributed by atoms with van der Waals surface area (Å²) in [4.78, 5) is 2.50. The Bertz CT molecular complexity index is 200. The first kappa shape index (κ1) is 14.9. The van der Waals surface area contributed by atoms with Gasteiger partial charge in [0, 0.05) is 31.8 Å². The standard InChI is InChI=1S/C13H28N2O2/c1-5-14-12-7-8-17-10-13(12)15(6-2)11(3)9-16-4/h11-14H,5-10H2,1-4H3. The molecular weight excluding hydrogens is 216 g/mol. The summed E-state index contributed by atoms with van der Waals surface area (Å²) in [6, 6.07) is 1.46. The van der Waals surface area contributed by atoms with E-state index in [0.717, 1.165) is 39.3 Å². The van der Waals surface area contributed by atoms with Crippen molar-refractivity contribution >= 4 is 0 Å². The fourth-order valence-electron chi connectivity index (χ4n) is 2.76. The van der Waals surface area contributed by atoms with Crippen molar-refractivity contribution < 1.29 is 9.47 Å². The Morgan fingerprint density at radius 3 is 2.82 bits per heavy atom. The van der Waals surface area contributed by atoms with Gasteiger partial charge in [-0.15, -0.1) is 0 Å². The minimum Gasteiger partial charge on any atom is -0.383 e. The lowest BCUT2D eigenvalue weighted by Gasteiger charge is -2.42. The van der Waals surface area contributed by atoms with Crippen LogP contribution in [0.2, 0.25) is 0 Å². The van der Waals surface area contributed by atoms with Crippen LogP contribution in [0.1, 0.15) is 27.2 Å². The number of methoxy groups -OCH3 is 1. The Morgan fingerprint density at radius 1 is 1.47 bits per heavy atom. The van der Waals surface area contributed by atoms with Crippen molar-refractivity contribution in [3.8, 4) is 0 Å². The molecular formula is C13H28N2O2. The maximum Gasteiger partial charge on any atom is 0.0637 e. The lowest BCUT2D eigenvalue weighted by atomic mass is 10.00. The zero-order valence-corrected chi connectivity index (χ0v) is 11.7. The number of hydrogen-bond donors (Lipinski definition) is 1. The molecule has 0 radical (unpaired) electrons. The molecule has 0 aliphatic carbocycles. The molecule has 1 fully saturated rings. The summed E-state index contributed by atoms with van der Waals surface area (Å²) in [5.41, 5.74) is 0. The molecule has 1 heterocycles. The summed E-state index contributed by atoms with van der Waals surface area (Å²) in [5, 5.41) is 3.58. The van der Waals surface area contributed by atoms with Crippen molar-refractivity contribution in [2.75, 3.05) is 40.0 Å². The minimum atomic E-state index is 0.442. The van der Waals surface area contributed by atoms with Crippen molar-refractivity contribution in [3.63, 3.8) is 0 Å². The maximum atomic E-state index is 5.65. The third-order valence-corrected chi connectivity index (χ3v) is 3.56. The Morgan fingerprint density at radius 2 is 2.24 bits per heavy atom. The van der Waals surface area contributed by atoms with Crippen LogP contribution in [0.4, 0.5) is 0 Å². The summed E-state index contributed by atoms with van der Waals surface area (Å²) < 4.78 is 10.9. The number of nitrogens with one attached hydrogen (secondary N) is 1. The lowest BCUT2D eigenvalue weighted by molar-refractivity contribution is -0.0270. The van der Waals surface area contributed by atoms with Crippen molar-refractivity contribution in [2.24, 2.45) is 0 Å². The van der Waals surface area contributed by atoms with Gasteiger partial charge in [0.25, 0.3) is 0 Å². The predicted octanol–water partition coefficient (Wildman–Crippen LogP) is 1.11. The van der Waals surface area contributed by atoms with Gasteiger partial charge in [-0.2, -0.15) is 0 Å². The van der Waals surface area contributed by atoms with E-state index in [1.54, 1.807) is 7.11 Å². The molecule has 1 aliphatic heterocycles. The molecule has 0 spiro atoms. The smallest absolute Gasteiger partial charge is 0.0637 e. The average molecular weight is 244 g/mol. The van der Waals surface area contributed by atoms with E-state index in [0.29, 0.717) is 18.1 Å². The lowest BCUT2D eigenvalue weighted by Crippen LogP contribution is -2.58. The van der Waals surface area contributed by atoms with Gasteiger partial charge in [-0.25, -0.2) is 0 Å². The normalized spacial score (nSPS) is 27.4. The van der Waals surface area contributed by atoms with Crippen molar-refractivity contribution in [3.05, 3.63) is 0 Å². The van der Waals surface area contributed by atoms with E-state index in [9.17, 15) is 0 Å². The molecule has 0 aromatic rings. The van der Waals surface area contributed by atoms with Crippen LogP contribution in [0.5, 0.6) is 0 Å². The number of hydrogen-bond acceptors (Lipinski definition) is 4. The Hall–Kier alpha value is -0.160. The summed E-state index contributed by atoms with van der Waals surface area (Å²) >= 11 is 0. The van der Waals surface area contributed by atoms with Crippen molar-refractivity contribution in [1.29, 1.82) is 0 Å². The van der Waals surface area contributed by atoms with Gasteiger partial charge >= 0.3 is 0 Å². The molecule has 3 atom stereocenters. The van der Waals surface area contributed by atoms with E-state index in [4.69, 9.17) is 9.47 Å². The first-order valence-electron chi connectivity index (χ1n) is 6.80. The van der Waals surface area contributed by atoms with Crippen LogP contribution < -0.4 is 5.32 Å². The third kappa shape index (κ3) is 4.21. The topological polar surface area (TPSA) is 33.7 Å². The van der Waals surface area contributed by atoms with Gasteiger partial charge in [0.1, 0.15) is 0 Å². The van der Waals surface area contributed by atoms with Crippen LogP contribution in [-0.4, -0.2) is 63.0 Å². The SMILES string of the molecule is CCNC1CCOCC1N(CC)C(C)COC. The molecule has 0 amide bonds. The van der Waals surface area contributed by atoms with Crippen molar-refractivity contribution in [1.82, 2.24) is 10.2 Å². The number of rotatable bonds is 7. The minimum absolute atomic E-state index is 0.442. The van der Waals surface area contributed by atoms with Gasteiger partial charge in [-0.05, 0) is 26.4 Å². The first-order chi connectivity index (χ1) is 8.24. The Kier molecular flexibility index (Phi) is 7.04. The zero-order chi connectivity index (χ0) is 12.7. The van der Waals surface area contributed by atoms with E-state index < -0.39 is 0 Å². The molecule has 4 heteroatoms. The molecule has 0 aromatic carbocycles. The van der Waals surface area contributed by atoms with Crippen LogP contribution >= 0.6 is 0 Å². The van der Waals surface area contributed by atoms with Crippen LogP contribution in [0, 0.1) is 0 Å². The van der Waals surface area contributed by atoms with Gasteiger partial charge in [0.2, 0.25) is 0 Å². The highest BCUT2D eigenvalue weighted by Gasteiger charge is 2.31. The van der Waals surface area contributed by atoms with Gasteiger partial charge in [0.05, 0.1) is 13.2 Å². The van der Waals surface area contributed by atoms with E-state index >= 15 is 0 Å². The van der Waals surface area contributed by atoms with Crippen molar-refractivity contribution in [2.45, 2.75) is 45.3 Å². The molecule has 1 aliphatic rings. The van der Waals surface area contributed by atoms with E-state index in [-0.39, 0.29) is 0 Å². The molecule has 0 bridgehead atoms. The largest absolute Gasteiger partial charge is 0.383 e. The van der Waals surface area contributed by atoms with Crippen LogP contribution in [0.15, 0.2) is 0 Å². The molecule has 17 heavy (non-hydrogen) atoms. The molecule has 102 valence electrons. The van der Waals surface area contributed by atoms with E-state index in [2.05, 4.69) is 31.0 Å². The second-order valence-corrected chi connectivity index (χ2v) is 4.73. The Balaban J connectivity index is 2.62. The fraction of sp³-hybridized carbons (Fsp3) is 1.00. The first-order valence-corrected chi connectivity index (χ1v) is 6.80. The summed E-state index contributed by atoms with van der Waals surface area (Å²) in [7, 11) is 1.77. The molecule has 1 saturated heterocycles. The zero-order valence-electron chi connectivity index (χ0n) is 11.7. The number of likely N-dealkylation sites (N-methyl/N-ethyl adjacent to an activating group) is 2. The van der Waals surface area contributed by atoms with Gasteiger partial charge < -0.3 is 14.8 Å². The summed E-state index contributed by atoms with van der Waals surface area (Å²) in [6.45, 7) is 11.2. The molecule has 0 aromatic heterocycles. The quantitative estimate of drug-likeness (QED) is 0.727.